The van der Waals surface area contributed by atoms with Crippen molar-refractivity contribution in [2.45, 2.75) is 32.6 Å². The van der Waals surface area contributed by atoms with Gasteiger partial charge in [0.25, 0.3) is 5.91 Å². The normalized spacial score (nSPS) is 13.2. The van der Waals surface area contributed by atoms with E-state index in [-0.39, 0.29) is 18.4 Å². The van der Waals surface area contributed by atoms with Gasteiger partial charge in [0.2, 0.25) is 5.91 Å². The van der Waals surface area contributed by atoms with E-state index in [0.717, 1.165) is 30.4 Å². The summed E-state index contributed by atoms with van der Waals surface area (Å²) in [7, 11) is 1.47. The minimum atomic E-state index is -0.226. The molecule has 1 aromatic heterocycles. The first kappa shape index (κ1) is 17.6. The average Bonchev–Trinajstić information content (AvgIpc) is 3.02. The number of methoxy groups -OCH3 is 1. The number of hydrogen-bond acceptors (Lipinski definition) is 4. The topological polar surface area (TPSA) is 67.4 Å². The average molecular weight is 358 g/mol. The van der Waals surface area contributed by atoms with Crippen molar-refractivity contribution in [1.82, 2.24) is 0 Å². The minimum Gasteiger partial charge on any atom is -0.375 e. The third-order valence-electron chi connectivity index (χ3n) is 4.35. The lowest BCUT2D eigenvalue weighted by atomic mass is 9.95. The molecule has 25 heavy (non-hydrogen) atoms. The van der Waals surface area contributed by atoms with Crippen molar-refractivity contribution in [2.75, 3.05) is 24.4 Å². The molecule has 0 unspecified atom stereocenters. The molecule has 0 saturated heterocycles. The SMILES string of the molecule is COCC(=O)Nc1ccc(C)c(NC(=O)c2csc3c2CCCC3)c1. The van der Waals surface area contributed by atoms with Gasteiger partial charge < -0.3 is 15.4 Å². The molecule has 1 heterocycles. The molecule has 2 N–H and O–H groups in total. The maximum Gasteiger partial charge on any atom is 0.256 e. The summed E-state index contributed by atoms with van der Waals surface area (Å²) < 4.78 is 4.82. The van der Waals surface area contributed by atoms with Crippen LogP contribution in [0.15, 0.2) is 23.6 Å². The first-order chi connectivity index (χ1) is 12.1. The maximum absolute atomic E-state index is 12.7. The van der Waals surface area contributed by atoms with E-state index in [1.54, 1.807) is 17.4 Å². The van der Waals surface area contributed by atoms with Gasteiger partial charge in [0.15, 0.2) is 0 Å². The first-order valence-corrected chi connectivity index (χ1v) is 9.26. The molecule has 3 rings (SSSR count). The summed E-state index contributed by atoms with van der Waals surface area (Å²) >= 11 is 1.68. The highest BCUT2D eigenvalue weighted by atomic mass is 32.1. The van der Waals surface area contributed by atoms with Crippen molar-refractivity contribution >= 4 is 34.5 Å². The van der Waals surface area contributed by atoms with Gasteiger partial charge in [-0.2, -0.15) is 0 Å². The van der Waals surface area contributed by atoms with Crippen molar-refractivity contribution in [2.24, 2.45) is 0 Å². The van der Waals surface area contributed by atoms with Crippen LogP contribution in [0.2, 0.25) is 0 Å². The number of amides is 2. The van der Waals surface area contributed by atoms with Crippen LogP contribution in [0.4, 0.5) is 11.4 Å². The highest BCUT2D eigenvalue weighted by Gasteiger charge is 2.20. The van der Waals surface area contributed by atoms with Crippen LogP contribution < -0.4 is 10.6 Å². The Bertz CT molecular complexity index is 798. The Morgan fingerprint density at radius 1 is 1.20 bits per heavy atom. The van der Waals surface area contributed by atoms with Gasteiger partial charge in [-0.15, -0.1) is 11.3 Å². The number of anilines is 2. The van der Waals surface area contributed by atoms with Gasteiger partial charge in [0, 0.05) is 28.7 Å². The molecule has 0 spiro atoms. The van der Waals surface area contributed by atoms with Crippen molar-refractivity contribution in [3.63, 3.8) is 0 Å². The van der Waals surface area contributed by atoms with E-state index in [9.17, 15) is 9.59 Å². The van der Waals surface area contributed by atoms with E-state index in [1.807, 2.05) is 24.4 Å². The zero-order valence-corrected chi connectivity index (χ0v) is 15.3. The van der Waals surface area contributed by atoms with E-state index in [0.29, 0.717) is 11.4 Å². The first-order valence-electron chi connectivity index (χ1n) is 8.38. The minimum absolute atomic E-state index is 0.00336. The van der Waals surface area contributed by atoms with Crippen LogP contribution in [-0.4, -0.2) is 25.5 Å². The third kappa shape index (κ3) is 4.08. The maximum atomic E-state index is 12.7. The van der Waals surface area contributed by atoms with E-state index in [1.165, 1.54) is 24.0 Å². The van der Waals surface area contributed by atoms with Gasteiger partial charge in [0.05, 0.1) is 5.56 Å². The van der Waals surface area contributed by atoms with Crippen LogP contribution in [-0.2, 0) is 22.4 Å². The predicted octanol–water partition coefficient (Wildman–Crippen LogP) is 3.77. The molecule has 1 aliphatic rings. The van der Waals surface area contributed by atoms with Gasteiger partial charge >= 0.3 is 0 Å². The molecule has 0 aliphatic heterocycles. The van der Waals surface area contributed by atoms with Gasteiger partial charge in [-0.05, 0) is 55.9 Å². The Hall–Kier alpha value is -2.18. The molecule has 0 saturated carbocycles. The van der Waals surface area contributed by atoms with Gasteiger partial charge in [-0.3, -0.25) is 9.59 Å². The van der Waals surface area contributed by atoms with E-state index < -0.39 is 0 Å². The number of benzene rings is 1. The molecule has 0 atom stereocenters. The standard InChI is InChI=1S/C19H22N2O3S/c1-12-7-8-13(20-18(22)10-24-2)9-16(12)21-19(23)15-11-25-17-6-4-3-5-14(15)17/h7-9,11H,3-6,10H2,1-2H3,(H,20,22)(H,21,23). The molecule has 2 aromatic rings. The van der Waals surface area contributed by atoms with Crippen molar-refractivity contribution in [3.8, 4) is 0 Å². The van der Waals surface area contributed by atoms with E-state index in [2.05, 4.69) is 10.6 Å². The highest BCUT2D eigenvalue weighted by Crippen LogP contribution is 2.31. The quantitative estimate of drug-likeness (QED) is 0.855. The number of thiophene rings is 1. The molecule has 5 nitrogen and oxygen atoms in total. The van der Waals surface area contributed by atoms with Crippen LogP contribution >= 0.6 is 11.3 Å². The molecule has 1 aliphatic carbocycles. The summed E-state index contributed by atoms with van der Waals surface area (Å²) in [5, 5.41) is 7.71. The summed E-state index contributed by atoms with van der Waals surface area (Å²) in [6.45, 7) is 1.93. The van der Waals surface area contributed by atoms with Gasteiger partial charge in [0.1, 0.15) is 6.61 Å². The van der Waals surface area contributed by atoms with Crippen molar-refractivity contribution in [3.05, 3.63) is 45.1 Å². The Kier molecular flexibility index (Phi) is 5.50. The second-order valence-electron chi connectivity index (χ2n) is 6.22. The largest absolute Gasteiger partial charge is 0.375 e. The van der Waals surface area contributed by atoms with Gasteiger partial charge in [-0.25, -0.2) is 0 Å². The summed E-state index contributed by atoms with van der Waals surface area (Å²) in [6, 6.07) is 5.46. The lowest BCUT2D eigenvalue weighted by molar-refractivity contribution is -0.119. The zero-order chi connectivity index (χ0) is 17.8. The fourth-order valence-corrected chi connectivity index (χ4v) is 4.16. The second kappa shape index (κ2) is 7.80. The predicted molar refractivity (Wildman–Crippen MR) is 101 cm³/mol. The smallest absolute Gasteiger partial charge is 0.256 e. The Morgan fingerprint density at radius 2 is 2.00 bits per heavy atom. The summed E-state index contributed by atoms with van der Waals surface area (Å²) in [6.07, 6.45) is 4.40. The number of ether oxygens (including phenoxy) is 1. The molecule has 132 valence electrons. The van der Waals surface area contributed by atoms with E-state index >= 15 is 0 Å². The molecule has 0 bridgehead atoms. The summed E-state index contributed by atoms with van der Waals surface area (Å²) in [5.74, 6) is -0.307. The Morgan fingerprint density at radius 3 is 2.80 bits per heavy atom. The number of fused-ring (bicyclic) bond motifs is 1. The van der Waals surface area contributed by atoms with E-state index in [4.69, 9.17) is 4.74 Å². The Labute approximate surface area is 151 Å². The van der Waals surface area contributed by atoms with Crippen LogP contribution in [0.5, 0.6) is 0 Å². The summed E-state index contributed by atoms with van der Waals surface area (Å²) in [5.41, 5.74) is 4.28. The molecule has 0 fully saturated rings. The van der Waals surface area contributed by atoms with Crippen LogP contribution in [0.25, 0.3) is 0 Å². The zero-order valence-electron chi connectivity index (χ0n) is 14.5. The molecule has 0 radical (unpaired) electrons. The molecular weight excluding hydrogens is 336 g/mol. The summed E-state index contributed by atoms with van der Waals surface area (Å²) in [4.78, 5) is 25.7. The number of rotatable bonds is 5. The molecule has 2 amide bonds. The number of hydrogen-bond donors (Lipinski definition) is 2. The van der Waals surface area contributed by atoms with Crippen LogP contribution in [0, 0.1) is 6.92 Å². The lowest BCUT2D eigenvalue weighted by Crippen LogP contribution is -2.18. The fraction of sp³-hybridized carbons (Fsp3) is 0.368. The third-order valence-corrected chi connectivity index (χ3v) is 5.44. The second-order valence-corrected chi connectivity index (χ2v) is 7.19. The number of nitrogens with one attached hydrogen (secondary N) is 2. The Balaban J connectivity index is 1.76. The van der Waals surface area contributed by atoms with Crippen molar-refractivity contribution < 1.29 is 14.3 Å². The number of carbonyl (C=O) groups is 2. The lowest BCUT2D eigenvalue weighted by Gasteiger charge is -2.14. The van der Waals surface area contributed by atoms with Crippen molar-refractivity contribution in [1.29, 1.82) is 0 Å². The molecule has 1 aromatic carbocycles. The fourth-order valence-electron chi connectivity index (χ4n) is 3.04. The van der Waals surface area contributed by atoms with Gasteiger partial charge in [-0.1, -0.05) is 6.07 Å². The number of carbonyl (C=O) groups excluding carboxylic acids is 2. The molecular formula is C19H22N2O3S. The van der Waals surface area contributed by atoms with Crippen LogP contribution in [0.1, 0.15) is 39.2 Å². The number of aryl methyl sites for hydroxylation is 2. The highest BCUT2D eigenvalue weighted by molar-refractivity contribution is 7.10. The van der Waals surface area contributed by atoms with Crippen LogP contribution in [0.3, 0.4) is 0 Å². The monoisotopic (exact) mass is 358 g/mol. The molecule has 6 heteroatoms.